The smallest absolute Gasteiger partial charge is 0.339 e. The third-order valence-corrected chi connectivity index (χ3v) is 6.78. The molecule has 4 rings (SSSR count). The van der Waals surface area contributed by atoms with E-state index in [-0.39, 0.29) is 34.7 Å². The minimum atomic E-state index is -4.67. The Labute approximate surface area is 169 Å². The largest absolute Gasteiger partial charge is 0.406 e. The van der Waals surface area contributed by atoms with Crippen molar-refractivity contribution in [2.45, 2.75) is 36.6 Å². The standard InChI is InChI=1S/C18H18F3N5O3S/c1-24-9-15(22-11-24)30(28,29)26-8-4-7-14(26)16-23-13-6-3-2-5-12(13)17(27)25(16)10-18(19,20)21/h2-3,5-6,9,11,14H,4,7-8,10H2,1H3. The number of nitrogens with zero attached hydrogens (tertiary/aromatic N) is 5. The van der Waals surface area contributed by atoms with Gasteiger partial charge in [0, 0.05) is 19.8 Å². The van der Waals surface area contributed by atoms with Gasteiger partial charge in [-0.2, -0.15) is 17.5 Å². The second-order valence-electron chi connectivity index (χ2n) is 7.14. The van der Waals surface area contributed by atoms with Gasteiger partial charge in [-0.15, -0.1) is 0 Å². The molecule has 2 aromatic heterocycles. The number of hydrogen-bond donors (Lipinski definition) is 0. The summed E-state index contributed by atoms with van der Waals surface area (Å²) in [4.78, 5) is 21.0. The number of halogens is 3. The fraction of sp³-hybridized carbons (Fsp3) is 0.389. The molecule has 1 atom stereocenters. The molecule has 1 fully saturated rings. The van der Waals surface area contributed by atoms with Gasteiger partial charge in [0.25, 0.3) is 15.6 Å². The van der Waals surface area contributed by atoms with Gasteiger partial charge in [0.05, 0.1) is 23.3 Å². The van der Waals surface area contributed by atoms with E-state index < -0.39 is 34.3 Å². The molecular weight excluding hydrogens is 423 g/mol. The van der Waals surface area contributed by atoms with E-state index in [0.717, 1.165) is 4.31 Å². The van der Waals surface area contributed by atoms with E-state index in [2.05, 4.69) is 9.97 Å². The van der Waals surface area contributed by atoms with Gasteiger partial charge in [-0.1, -0.05) is 12.1 Å². The van der Waals surface area contributed by atoms with Crippen molar-refractivity contribution in [2.24, 2.45) is 7.05 Å². The molecule has 0 amide bonds. The lowest BCUT2D eigenvalue weighted by Crippen LogP contribution is -2.38. The molecule has 0 radical (unpaired) electrons. The van der Waals surface area contributed by atoms with Crippen molar-refractivity contribution in [3.05, 3.63) is 53.0 Å². The Kier molecular flexibility index (Phi) is 4.93. The molecular formula is C18H18F3N5O3S. The highest BCUT2D eigenvalue weighted by atomic mass is 32.2. The molecule has 0 N–H and O–H groups in total. The van der Waals surface area contributed by atoms with Crippen LogP contribution in [0.5, 0.6) is 0 Å². The maximum absolute atomic E-state index is 13.3. The quantitative estimate of drug-likeness (QED) is 0.619. The topological polar surface area (TPSA) is 90.1 Å². The van der Waals surface area contributed by atoms with Crippen molar-refractivity contribution < 1.29 is 21.6 Å². The van der Waals surface area contributed by atoms with E-state index in [1.165, 1.54) is 35.3 Å². The van der Waals surface area contributed by atoms with Crippen LogP contribution >= 0.6 is 0 Å². The minimum absolute atomic E-state index is 0.0441. The van der Waals surface area contributed by atoms with E-state index >= 15 is 0 Å². The second-order valence-corrected chi connectivity index (χ2v) is 8.98. The fourth-order valence-electron chi connectivity index (χ4n) is 3.70. The van der Waals surface area contributed by atoms with Crippen LogP contribution in [0.1, 0.15) is 24.7 Å². The summed E-state index contributed by atoms with van der Waals surface area (Å²) in [5.41, 5.74) is -0.631. The van der Waals surface area contributed by atoms with Crippen LogP contribution in [0.4, 0.5) is 13.2 Å². The van der Waals surface area contributed by atoms with Gasteiger partial charge < -0.3 is 4.57 Å². The summed E-state index contributed by atoms with van der Waals surface area (Å²) in [7, 11) is -2.47. The van der Waals surface area contributed by atoms with Crippen LogP contribution in [0, 0.1) is 0 Å². The molecule has 160 valence electrons. The average Bonchev–Trinajstić information content (AvgIpc) is 3.33. The number of para-hydroxylation sites is 1. The SMILES string of the molecule is Cn1cnc(S(=O)(=O)N2CCCC2c2nc3ccccc3c(=O)n2CC(F)(F)F)c1. The zero-order valence-corrected chi connectivity index (χ0v) is 16.7. The third kappa shape index (κ3) is 3.60. The average molecular weight is 441 g/mol. The molecule has 0 aliphatic carbocycles. The Bertz CT molecular complexity index is 1270. The summed E-state index contributed by atoms with van der Waals surface area (Å²) < 4.78 is 69.0. The molecule has 1 aliphatic rings. The van der Waals surface area contributed by atoms with Gasteiger partial charge in [0.15, 0.2) is 5.03 Å². The Balaban J connectivity index is 1.89. The van der Waals surface area contributed by atoms with Crippen molar-refractivity contribution in [3.8, 4) is 0 Å². The normalized spacial score (nSPS) is 18.3. The molecule has 1 aromatic carbocycles. The zero-order chi connectivity index (χ0) is 21.7. The summed E-state index contributed by atoms with van der Waals surface area (Å²) in [6, 6.07) is 5.07. The Hall–Kier alpha value is -2.73. The van der Waals surface area contributed by atoms with Crippen molar-refractivity contribution >= 4 is 20.9 Å². The number of benzene rings is 1. The fourth-order valence-corrected chi connectivity index (χ4v) is 5.32. The molecule has 1 unspecified atom stereocenters. The highest BCUT2D eigenvalue weighted by Gasteiger charge is 2.41. The molecule has 8 nitrogen and oxygen atoms in total. The first-order valence-electron chi connectivity index (χ1n) is 9.14. The van der Waals surface area contributed by atoms with E-state index in [9.17, 15) is 26.4 Å². The second kappa shape index (κ2) is 7.20. The van der Waals surface area contributed by atoms with Gasteiger partial charge in [0.2, 0.25) is 0 Å². The lowest BCUT2D eigenvalue weighted by atomic mass is 10.2. The summed E-state index contributed by atoms with van der Waals surface area (Å²) in [5.74, 6) is -0.215. The molecule has 1 aliphatic heterocycles. The maximum atomic E-state index is 13.3. The van der Waals surface area contributed by atoms with Crippen LogP contribution in [0.3, 0.4) is 0 Å². The summed E-state index contributed by atoms with van der Waals surface area (Å²) in [6.45, 7) is -1.45. The van der Waals surface area contributed by atoms with E-state index in [0.29, 0.717) is 11.0 Å². The van der Waals surface area contributed by atoms with Crippen LogP contribution in [0.15, 0.2) is 46.6 Å². The van der Waals surface area contributed by atoms with Crippen LogP contribution in [-0.4, -0.2) is 44.5 Å². The van der Waals surface area contributed by atoms with Crippen LogP contribution in [0.2, 0.25) is 0 Å². The number of sulfonamides is 1. The van der Waals surface area contributed by atoms with Gasteiger partial charge in [0.1, 0.15) is 12.4 Å². The van der Waals surface area contributed by atoms with Gasteiger partial charge in [-0.05, 0) is 25.0 Å². The molecule has 3 aromatic rings. The van der Waals surface area contributed by atoms with Gasteiger partial charge in [-0.25, -0.2) is 18.4 Å². The maximum Gasteiger partial charge on any atom is 0.406 e. The summed E-state index contributed by atoms with van der Waals surface area (Å²) in [5, 5.41) is -0.162. The predicted octanol–water partition coefficient (Wildman–Crippen LogP) is 2.22. The Morgan fingerprint density at radius 2 is 1.97 bits per heavy atom. The Morgan fingerprint density at radius 1 is 1.23 bits per heavy atom. The monoisotopic (exact) mass is 441 g/mol. The van der Waals surface area contributed by atoms with Crippen molar-refractivity contribution in [3.63, 3.8) is 0 Å². The van der Waals surface area contributed by atoms with E-state index in [1.807, 2.05) is 0 Å². The highest BCUT2D eigenvalue weighted by molar-refractivity contribution is 7.89. The number of aromatic nitrogens is 4. The van der Waals surface area contributed by atoms with Gasteiger partial charge >= 0.3 is 6.18 Å². The van der Waals surface area contributed by atoms with Crippen molar-refractivity contribution in [1.29, 1.82) is 0 Å². The summed E-state index contributed by atoms with van der Waals surface area (Å²) in [6.07, 6.45) is -1.36. The molecule has 12 heteroatoms. The third-order valence-electron chi connectivity index (χ3n) is 4.98. The number of rotatable bonds is 4. The summed E-state index contributed by atoms with van der Waals surface area (Å²) >= 11 is 0. The van der Waals surface area contributed by atoms with E-state index in [1.54, 1.807) is 13.1 Å². The minimum Gasteiger partial charge on any atom is -0.339 e. The lowest BCUT2D eigenvalue weighted by Gasteiger charge is -2.25. The number of alkyl halides is 3. The van der Waals surface area contributed by atoms with Crippen LogP contribution in [0.25, 0.3) is 10.9 Å². The number of aryl methyl sites for hydroxylation is 1. The zero-order valence-electron chi connectivity index (χ0n) is 15.9. The molecule has 0 spiro atoms. The first-order valence-corrected chi connectivity index (χ1v) is 10.6. The predicted molar refractivity (Wildman–Crippen MR) is 101 cm³/mol. The highest BCUT2D eigenvalue weighted by Crippen LogP contribution is 2.36. The van der Waals surface area contributed by atoms with Crippen LogP contribution in [-0.2, 0) is 23.6 Å². The first kappa shape index (κ1) is 20.5. The molecule has 0 bridgehead atoms. The van der Waals surface area contributed by atoms with Crippen molar-refractivity contribution in [1.82, 2.24) is 23.4 Å². The Morgan fingerprint density at radius 3 is 2.63 bits per heavy atom. The van der Waals surface area contributed by atoms with Gasteiger partial charge in [-0.3, -0.25) is 9.36 Å². The van der Waals surface area contributed by atoms with E-state index in [4.69, 9.17) is 0 Å². The lowest BCUT2D eigenvalue weighted by molar-refractivity contribution is -0.141. The molecule has 30 heavy (non-hydrogen) atoms. The first-order chi connectivity index (χ1) is 14.1. The molecule has 0 saturated carbocycles. The number of hydrogen-bond acceptors (Lipinski definition) is 5. The number of fused-ring (bicyclic) bond motifs is 1. The molecule has 3 heterocycles. The van der Waals surface area contributed by atoms with Crippen molar-refractivity contribution in [2.75, 3.05) is 6.54 Å². The van der Waals surface area contributed by atoms with Crippen LogP contribution < -0.4 is 5.56 Å². The number of imidazole rings is 1. The molecule has 1 saturated heterocycles.